The highest BCUT2D eigenvalue weighted by molar-refractivity contribution is 7.99. The Morgan fingerprint density at radius 3 is 2.81 bits per heavy atom. The maximum absolute atomic E-state index is 12.7. The van der Waals surface area contributed by atoms with Crippen molar-refractivity contribution in [2.24, 2.45) is 5.84 Å². The van der Waals surface area contributed by atoms with Crippen LogP contribution >= 0.6 is 11.8 Å². The number of rotatable bonds is 4. The van der Waals surface area contributed by atoms with E-state index >= 15 is 0 Å². The molecule has 0 spiro atoms. The van der Waals surface area contributed by atoms with Crippen molar-refractivity contribution in [3.8, 4) is 0 Å². The third kappa shape index (κ3) is 3.12. The molecule has 1 aliphatic rings. The fourth-order valence-electron chi connectivity index (χ4n) is 2.16. The minimum atomic E-state index is -3.94. The lowest BCUT2D eigenvalue weighted by atomic mass is 10.3. The molecule has 1 fully saturated rings. The van der Waals surface area contributed by atoms with Crippen LogP contribution in [0.4, 0.5) is 11.4 Å². The molecule has 1 aromatic carbocycles. The molecule has 1 heterocycles. The number of hydrogen-bond acceptors (Lipinski definition) is 7. The van der Waals surface area contributed by atoms with E-state index in [4.69, 9.17) is 5.84 Å². The van der Waals surface area contributed by atoms with E-state index in [9.17, 15) is 18.5 Å². The average molecular weight is 332 g/mol. The fraction of sp³-hybridized carbons (Fsp3) is 0.455. The number of hydrazine groups is 1. The highest BCUT2D eigenvalue weighted by atomic mass is 32.2. The quantitative estimate of drug-likeness (QED) is 0.480. The normalized spacial score (nSPS) is 20.2. The molecule has 1 saturated heterocycles. The van der Waals surface area contributed by atoms with Crippen molar-refractivity contribution in [1.29, 1.82) is 0 Å². The number of sulfonamides is 1. The molecule has 0 aromatic heterocycles. The van der Waals surface area contributed by atoms with Gasteiger partial charge in [-0.2, -0.15) is 16.1 Å². The fourth-order valence-corrected chi connectivity index (χ4v) is 5.20. The Hall–Kier alpha value is -1.36. The molecule has 10 heteroatoms. The van der Waals surface area contributed by atoms with Crippen LogP contribution in [0.25, 0.3) is 0 Å². The summed E-state index contributed by atoms with van der Waals surface area (Å²) in [7, 11) is -3.94. The summed E-state index contributed by atoms with van der Waals surface area (Å²) >= 11 is 1.66. The number of nitro groups is 1. The third-order valence-electron chi connectivity index (χ3n) is 3.22. The van der Waals surface area contributed by atoms with Gasteiger partial charge in [-0.25, -0.2) is 8.42 Å². The number of nitro benzene ring substituents is 1. The molecule has 1 unspecified atom stereocenters. The van der Waals surface area contributed by atoms with Crippen LogP contribution in [0.2, 0.25) is 0 Å². The second-order valence-corrected chi connectivity index (χ2v) is 7.63. The van der Waals surface area contributed by atoms with Crippen molar-refractivity contribution < 1.29 is 13.3 Å². The van der Waals surface area contributed by atoms with E-state index in [2.05, 4.69) is 5.43 Å². The molecule has 8 nitrogen and oxygen atoms in total. The number of nitrogens with one attached hydrogen (secondary N) is 1. The maximum Gasteiger partial charge on any atom is 0.289 e. The number of hydrogen-bond donors (Lipinski definition) is 2. The standard InChI is InChI=1S/C11H16N4O4S2/c1-8-7-20-5-4-14(8)21(18,19)11-6-9(13-12)2-3-10(11)15(16)17/h2-3,6,8,13H,4-5,7,12H2,1H3. The summed E-state index contributed by atoms with van der Waals surface area (Å²) in [6.07, 6.45) is 0. The van der Waals surface area contributed by atoms with Gasteiger partial charge in [0.25, 0.3) is 5.69 Å². The molecule has 3 N–H and O–H groups in total. The van der Waals surface area contributed by atoms with E-state index in [0.29, 0.717) is 23.7 Å². The monoisotopic (exact) mass is 332 g/mol. The van der Waals surface area contributed by atoms with Gasteiger partial charge in [-0.3, -0.25) is 16.0 Å². The predicted octanol–water partition coefficient (Wildman–Crippen LogP) is 1.01. The molecule has 0 saturated carbocycles. The van der Waals surface area contributed by atoms with Crippen molar-refractivity contribution in [2.75, 3.05) is 23.5 Å². The zero-order valence-electron chi connectivity index (χ0n) is 11.4. The van der Waals surface area contributed by atoms with Gasteiger partial charge in [0.1, 0.15) is 0 Å². The Balaban J connectivity index is 2.54. The van der Waals surface area contributed by atoms with Crippen LogP contribution in [0.3, 0.4) is 0 Å². The highest BCUT2D eigenvalue weighted by Crippen LogP contribution is 2.32. The summed E-state index contributed by atoms with van der Waals surface area (Å²) in [6.45, 7) is 2.13. The van der Waals surface area contributed by atoms with Gasteiger partial charge >= 0.3 is 0 Å². The van der Waals surface area contributed by atoms with Crippen LogP contribution in [0.5, 0.6) is 0 Å². The summed E-state index contributed by atoms with van der Waals surface area (Å²) in [4.78, 5) is 10.1. The van der Waals surface area contributed by atoms with E-state index in [-0.39, 0.29) is 10.9 Å². The largest absolute Gasteiger partial charge is 0.324 e. The maximum atomic E-state index is 12.7. The van der Waals surface area contributed by atoms with Crippen LogP contribution in [0, 0.1) is 10.1 Å². The molecule has 0 amide bonds. The topological polar surface area (TPSA) is 119 Å². The van der Waals surface area contributed by atoms with Crippen LogP contribution < -0.4 is 11.3 Å². The van der Waals surface area contributed by atoms with Crippen molar-refractivity contribution in [3.63, 3.8) is 0 Å². The van der Waals surface area contributed by atoms with Gasteiger partial charge in [0.15, 0.2) is 4.90 Å². The van der Waals surface area contributed by atoms with Crippen molar-refractivity contribution in [1.82, 2.24) is 4.31 Å². The molecule has 116 valence electrons. The number of nitrogens with zero attached hydrogens (tertiary/aromatic N) is 2. The first-order chi connectivity index (χ1) is 9.87. The number of benzene rings is 1. The van der Waals surface area contributed by atoms with Crippen LogP contribution in [0.1, 0.15) is 6.92 Å². The van der Waals surface area contributed by atoms with Crippen molar-refractivity contribution in [3.05, 3.63) is 28.3 Å². The smallest absolute Gasteiger partial charge is 0.289 e. The molecule has 1 aromatic rings. The molecule has 0 radical (unpaired) electrons. The van der Waals surface area contributed by atoms with E-state index in [1.807, 2.05) is 0 Å². The summed E-state index contributed by atoms with van der Waals surface area (Å²) < 4.78 is 26.8. The van der Waals surface area contributed by atoms with Gasteiger partial charge in [-0.15, -0.1) is 0 Å². The molecule has 21 heavy (non-hydrogen) atoms. The summed E-state index contributed by atoms with van der Waals surface area (Å²) in [5.41, 5.74) is 2.17. The lowest BCUT2D eigenvalue weighted by molar-refractivity contribution is -0.387. The van der Waals surface area contributed by atoms with E-state index in [1.54, 1.807) is 18.7 Å². The third-order valence-corrected chi connectivity index (χ3v) is 6.45. The Morgan fingerprint density at radius 1 is 1.52 bits per heavy atom. The Labute approximate surface area is 126 Å². The summed E-state index contributed by atoms with van der Waals surface area (Å²) in [5.74, 6) is 6.60. The number of nitrogens with two attached hydrogens (primary N) is 1. The molecule has 2 rings (SSSR count). The second-order valence-electron chi connectivity index (χ2n) is 4.62. The van der Waals surface area contributed by atoms with E-state index in [0.717, 1.165) is 6.07 Å². The van der Waals surface area contributed by atoms with E-state index in [1.165, 1.54) is 16.4 Å². The van der Waals surface area contributed by atoms with Gasteiger partial charge in [0, 0.05) is 30.2 Å². The van der Waals surface area contributed by atoms with Crippen molar-refractivity contribution >= 4 is 33.2 Å². The zero-order chi connectivity index (χ0) is 15.6. The second kappa shape index (κ2) is 6.18. The average Bonchev–Trinajstić information content (AvgIpc) is 2.46. The van der Waals surface area contributed by atoms with Crippen LogP contribution in [-0.4, -0.2) is 41.7 Å². The van der Waals surface area contributed by atoms with Gasteiger partial charge < -0.3 is 5.43 Å². The number of nitrogen functional groups attached to an aromatic ring is 1. The molecular weight excluding hydrogens is 316 g/mol. The first-order valence-corrected chi connectivity index (χ1v) is 8.82. The van der Waals surface area contributed by atoms with Crippen LogP contribution in [0.15, 0.2) is 23.1 Å². The van der Waals surface area contributed by atoms with Crippen molar-refractivity contribution in [2.45, 2.75) is 17.9 Å². The molecular formula is C11H16N4O4S2. The predicted molar refractivity (Wildman–Crippen MR) is 81.6 cm³/mol. The lowest BCUT2D eigenvalue weighted by Crippen LogP contribution is -2.44. The lowest BCUT2D eigenvalue weighted by Gasteiger charge is -2.31. The molecule has 0 bridgehead atoms. The number of anilines is 1. The minimum Gasteiger partial charge on any atom is -0.324 e. The zero-order valence-corrected chi connectivity index (χ0v) is 13.0. The molecule has 0 aliphatic carbocycles. The Kier molecular flexibility index (Phi) is 4.71. The van der Waals surface area contributed by atoms with Gasteiger partial charge in [0.05, 0.1) is 10.6 Å². The molecule has 1 atom stereocenters. The van der Waals surface area contributed by atoms with Gasteiger partial charge in [-0.1, -0.05) is 0 Å². The first-order valence-electron chi connectivity index (χ1n) is 6.22. The summed E-state index contributed by atoms with van der Waals surface area (Å²) in [6, 6.07) is 3.50. The highest BCUT2D eigenvalue weighted by Gasteiger charge is 2.36. The Bertz CT molecular complexity index is 650. The molecule has 1 aliphatic heterocycles. The minimum absolute atomic E-state index is 0.206. The Morgan fingerprint density at radius 2 is 2.24 bits per heavy atom. The number of thioether (sulfide) groups is 1. The van der Waals surface area contributed by atoms with Gasteiger partial charge in [-0.05, 0) is 19.1 Å². The first kappa shape index (κ1) is 16.0. The van der Waals surface area contributed by atoms with Gasteiger partial charge in [0.2, 0.25) is 10.0 Å². The summed E-state index contributed by atoms with van der Waals surface area (Å²) in [5, 5.41) is 11.1. The van der Waals surface area contributed by atoms with E-state index < -0.39 is 20.6 Å². The SMILES string of the molecule is CC1CSCCN1S(=O)(=O)c1cc(NN)ccc1[N+](=O)[O-]. The van der Waals surface area contributed by atoms with Crippen LogP contribution in [-0.2, 0) is 10.0 Å².